The quantitative estimate of drug-likeness (QED) is 0.332. The first-order chi connectivity index (χ1) is 19.0. The van der Waals surface area contributed by atoms with Gasteiger partial charge in [0.15, 0.2) is 0 Å². The highest BCUT2D eigenvalue weighted by Gasteiger charge is 2.62. The Balaban J connectivity index is 1.62. The first-order valence-corrected chi connectivity index (χ1v) is 15.7. The monoisotopic (exact) mass is 598 g/mol. The number of fused-ring (bicyclic) bond motifs is 2. The number of nitrogens with zero attached hydrogens (tertiary/aromatic N) is 1. The summed E-state index contributed by atoms with van der Waals surface area (Å²) >= 11 is 0. The number of aliphatic hydroxyl groups excluding tert-OH is 1. The molecule has 2 saturated carbocycles. The van der Waals surface area contributed by atoms with Crippen LogP contribution in [0, 0.1) is 11.8 Å². The molecule has 13 nitrogen and oxygen atoms in total. The highest BCUT2D eigenvalue weighted by molar-refractivity contribution is 7.91. The molecule has 0 aromatic rings. The summed E-state index contributed by atoms with van der Waals surface area (Å²) in [5.41, 5.74) is -2.33. The predicted molar refractivity (Wildman–Crippen MR) is 147 cm³/mol. The lowest BCUT2D eigenvalue weighted by Gasteiger charge is -2.33. The van der Waals surface area contributed by atoms with Crippen molar-refractivity contribution in [2.24, 2.45) is 11.8 Å². The van der Waals surface area contributed by atoms with E-state index < -0.39 is 80.3 Å². The number of alkyl carbamates (subject to hydrolysis) is 1. The normalized spacial score (nSPS) is 35.6. The molecule has 0 spiro atoms. The number of ether oxygens (including phenoxy) is 2. The fourth-order valence-corrected chi connectivity index (χ4v) is 6.86. The van der Waals surface area contributed by atoms with Gasteiger partial charge in [-0.3, -0.25) is 19.1 Å². The minimum atomic E-state index is -3.87. The van der Waals surface area contributed by atoms with Crippen molar-refractivity contribution < 1.29 is 42.2 Å². The van der Waals surface area contributed by atoms with Crippen LogP contribution in [0.5, 0.6) is 0 Å². The molecule has 0 aromatic heterocycles. The van der Waals surface area contributed by atoms with Crippen molar-refractivity contribution >= 4 is 33.8 Å². The van der Waals surface area contributed by atoms with E-state index in [9.17, 15) is 32.7 Å². The fourth-order valence-electron chi connectivity index (χ4n) is 5.50. The molecule has 0 aromatic carbocycles. The van der Waals surface area contributed by atoms with Gasteiger partial charge in [-0.05, 0) is 59.3 Å². The fraction of sp³-hybridized carbons (Fsp3) is 0.778. The first kappa shape index (κ1) is 31.2. The SMILES string of the molecule is C[C@@H]1C[C@H](C)OC/C=C\C2C[C@@]2(C(=O)NS(=O)(=O)C2CC2)NC(=O)[C@@H]2C[C@@H](O)CN2C(=O)C1NC(=O)OC(C)(C)C. The van der Waals surface area contributed by atoms with E-state index in [1.165, 1.54) is 4.90 Å². The number of amides is 4. The maximum absolute atomic E-state index is 13.9. The Labute approximate surface area is 240 Å². The Hall–Kier alpha value is -2.71. The van der Waals surface area contributed by atoms with Gasteiger partial charge < -0.3 is 30.1 Å². The Morgan fingerprint density at radius 2 is 1.88 bits per heavy atom. The minimum Gasteiger partial charge on any atom is -0.444 e. The van der Waals surface area contributed by atoms with Crippen molar-refractivity contribution in [2.45, 2.75) is 107 Å². The lowest BCUT2D eigenvalue weighted by Crippen LogP contribution is -2.59. The number of carbonyl (C=O) groups is 4. The largest absolute Gasteiger partial charge is 0.444 e. The summed E-state index contributed by atoms with van der Waals surface area (Å²) in [4.78, 5) is 54.7. The molecule has 0 bridgehead atoms. The maximum Gasteiger partial charge on any atom is 0.408 e. The molecule has 1 saturated heterocycles. The van der Waals surface area contributed by atoms with Gasteiger partial charge >= 0.3 is 6.09 Å². The van der Waals surface area contributed by atoms with Crippen LogP contribution in [0.4, 0.5) is 4.79 Å². The van der Waals surface area contributed by atoms with Gasteiger partial charge in [0, 0.05) is 18.9 Å². The van der Waals surface area contributed by atoms with Crippen molar-refractivity contribution in [3.63, 3.8) is 0 Å². The molecule has 4 N–H and O–H groups in total. The standard InChI is InChI=1S/C27H42N4O9S/c1-15-11-16(2)39-10-6-7-17-13-27(17,24(35)30-41(37,38)19-8-9-19)29-22(33)20-12-18(32)14-31(20)23(34)21(15)28-25(36)40-26(3,4)5/h6-7,15-21,32H,8-14H2,1-5H3,(H,28,36)(H,29,33)(H,30,35)/b7-6-/t15-,16+,17?,18-,20+,21?,27-/m1/s1. The summed E-state index contributed by atoms with van der Waals surface area (Å²) in [5.74, 6) is -3.02. The van der Waals surface area contributed by atoms with Crippen LogP contribution in [0.25, 0.3) is 0 Å². The first-order valence-electron chi connectivity index (χ1n) is 14.2. The summed E-state index contributed by atoms with van der Waals surface area (Å²) in [6, 6.07) is -2.23. The van der Waals surface area contributed by atoms with Crippen LogP contribution in [0.15, 0.2) is 12.2 Å². The third kappa shape index (κ3) is 7.39. The molecule has 2 aliphatic carbocycles. The van der Waals surface area contributed by atoms with Crippen LogP contribution < -0.4 is 15.4 Å². The smallest absolute Gasteiger partial charge is 0.408 e. The third-order valence-corrected chi connectivity index (χ3v) is 9.70. The maximum atomic E-state index is 13.9. The van der Waals surface area contributed by atoms with E-state index in [-0.39, 0.29) is 32.1 Å². The number of carbonyl (C=O) groups excluding carboxylic acids is 4. The predicted octanol–water partition coefficient (Wildman–Crippen LogP) is 0.326. The second-order valence-corrected chi connectivity index (χ2v) is 14.7. The highest BCUT2D eigenvalue weighted by Crippen LogP contribution is 2.46. The molecule has 2 unspecified atom stereocenters. The van der Waals surface area contributed by atoms with Crippen molar-refractivity contribution in [3.05, 3.63) is 12.2 Å². The summed E-state index contributed by atoms with van der Waals surface area (Å²) in [5, 5.41) is 15.2. The Bertz CT molecular complexity index is 1200. The molecule has 2 heterocycles. The number of nitrogens with one attached hydrogen (secondary N) is 3. The molecule has 230 valence electrons. The molecule has 0 radical (unpaired) electrons. The number of hydrogen-bond donors (Lipinski definition) is 4. The van der Waals surface area contributed by atoms with Crippen LogP contribution in [0.3, 0.4) is 0 Å². The zero-order valence-corrected chi connectivity index (χ0v) is 25.0. The Morgan fingerprint density at radius 1 is 1.20 bits per heavy atom. The number of rotatable bonds is 4. The van der Waals surface area contributed by atoms with E-state index in [4.69, 9.17) is 9.47 Å². The van der Waals surface area contributed by atoms with Gasteiger partial charge in [-0.1, -0.05) is 19.1 Å². The van der Waals surface area contributed by atoms with Gasteiger partial charge in [-0.25, -0.2) is 13.2 Å². The summed E-state index contributed by atoms with van der Waals surface area (Å²) < 4.78 is 38.4. The van der Waals surface area contributed by atoms with Crippen molar-refractivity contribution in [2.75, 3.05) is 13.2 Å². The molecule has 4 aliphatic rings. The van der Waals surface area contributed by atoms with Crippen LogP contribution in [-0.4, -0.2) is 96.1 Å². The molecule has 41 heavy (non-hydrogen) atoms. The van der Waals surface area contributed by atoms with E-state index in [1.807, 2.05) is 6.92 Å². The van der Waals surface area contributed by atoms with Gasteiger partial charge in [-0.15, -0.1) is 0 Å². The minimum absolute atomic E-state index is 0.0802. The molecular weight excluding hydrogens is 556 g/mol. The molecule has 14 heteroatoms. The van der Waals surface area contributed by atoms with Gasteiger partial charge in [0.1, 0.15) is 23.2 Å². The van der Waals surface area contributed by atoms with E-state index in [0.29, 0.717) is 19.3 Å². The average Bonchev–Trinajstić information content (AvgIpc) is 3.76. The molecule has 2 aliphatic heterocycles. The van der Waals surface area contributed by atoms with Crippen LogP contribution in [0.2, 0.25) is 0 Å². The Morgan fingerprint density at radius 3 is 2.51 bits per heavy atom. The Kier molecular flexibility index (Phi) is 8.78. The van der Waals surface area contributed by atoms with E-state index in [1.54, 1.807) is 39.8 Å². The highest BCUT2D eigenvalue weighted by atomic mass is 32.2. The van der Waals surface area contributed by atoms with Crippen LogP contribution in [0.1, 0.15) is 66.7 Å². The second kappa shape index (κ2) is 11.5. The zero-order chi connectivity index (χ0) is 30.3. The molecule has 3 fully saturated rings. The summed E-state index contributed by atoms with van der Waals surface area (Å²) in [6.07, 6.45) is 2.73. The molecular formula is C27H42N4O9S. The van der Waals surface area contributed by atoms with Gasteiger partial charge in [0.2, 0.25) is 21.8 Å². The van der Waals surface area contributed by atoms with Crippen molar-refractivity contribution in [1.82, 2.24) is 20.3 Å². The van der Waals surface area contributed by atoms with Gasteiger partial charge in [0.25, 0.3) is 5.91 Å². The van der Waals surface area contributed by atoms with Gasteiger partial charge in [-0.2, -0.15) is 0 Å². The topological polar surface area (TPSA) is 180 Å². The number of sulfonamides is 1. The third-order valence-electron chi connectivity index (χ3n) is 7.89. The lowest BCUT2D eigenvalue weighted by atomic mass is 9.94. The summed E-state index contributed by atoms with van der Waals surface area (Å²) in [7, 11) is -3.87. The summed E-state index contributed by atoms with van der Waals surface area (Å²) in [6.45, 7) is 8.74. The van der Waals surface area contributed by atoms with Crippen LogP contribution >= 0.6 is 0 Å². The van der Waals surface area contributed by atoms with Gasteiger partial charge in [0.05, 0.1) is 24.1 Å². The average molecular weight is 599 g/mol. The van der Waals surface area contributed by atoms with E-state index >= 15 is 0 Å². The zero-order valence-electron chi connectivity index (χ0n) is 24.2. The second-order valence-electron chi connectivity index (χ2n) is 12.8. The number of hydrogen-bond acceptors (Lipinski definition) is 9. The van der Waals surface area contributed by atoms with E-state index in [0.717, 1.165) is 0 Å². The van der Waals surface area contributed by atoms with Crippen molar-refractivity contribution in [3.8, 4) is 0 Å². The molecule has 7 atom stereocenters. The molecule has 4 amide bonds. The number of aliphatic hydroxyl groups is 1. The van der Waals surface area contributed by atoms with Crippen molar-refractivity contribution in [1.29, 1.82) is 0 Å². The van der Waals surface area contributed by atoms with Crippen LogP contribution in [-0.2, 0) is 33.9 Å². The van der Waals surface area contributed by atoms with E-state index in [2.05, 4.69) is 15.4 Å². The molecule has 4 rings (SSSR count). The lowest BCUT2D eigenvalue weighted by molar-refractivity contribution is -0.142.